The van der Waals surface area contributed by atoms with Gasteiger partial charge in [-0.25, -0.2) is 0 Å². The van der Waals surface area contributed by atoms with Crippen molar-refractivity contribution >= 4 is 17.5 Å². The number of rotatable bonds is 7. The van der Waals surface area contributed by atoms with Crippen LogP contribution in [-0.2, 0) is 10.2 Å². The van der Waals surface area contributed by atoms with Crippen molar-refractivity contribution in [3.63, 3.8) is 0 Å². The van der Waals surface area contributed by atoms with Crippen LogP contribution in [0.25, 0.3) is 0 Å². The summed E-state index contributed by atoms with van der Waals surface area (Å²) in [5, 5.41) is 3.90. The highest BCUT2D eigenvalue weighted by atomic mass is 35.5. The van der Waals surface area contributed by atoms with E-state index in [-0.39, 0.29) is 11.9 Å². The van der Waals surface area contributed by atoms with Gasteiger partial charge in [-0.2, -0.15) is 0 Å². The molecule has 1 aliphatic rings. The van der Waals surface area contributed by atoms with Crippen LogP contribution in [-0.4, -0.2) is 38.6 Å². The zero-order valence-electron chi connectivity index (χ0n) is 16.2. The van der Waals surface area contributed by atoms with Crippen LogP contribution in [0.5, 0.6) is 5.75 Å². The minimum atomic E-state index is -0.415. The Kier molecular flexibility index (Phi) is 6.08. The molecular formula is C22H27ClN2O2. The average Bonchev–Trinajstić information content (AvgIpc) is 2.63. The number of hydrogen-bond acceptors (Lipinski definition) is 3. The van der Waals surface area contributed by atoms with Crippen molar-refractivity contribution in [1.29, 1.82) is 0 Å². The van der Waals surface area contributed by atoms with Gasteiger partial charge in [-0.05, 0) is 62.3 Å². The molecule has 0 heterocycles. The number of amides is 1. The number of hydrogen-bond donors (Lipinski definition) is 1. The molecule has 0 saturated heterocycles. The summed E-state index contributed by atoms with van der Waals surface area (Å²) in [4.78, 5) is 15.2. The van der Waals surface area contributed by atoms with Crippen LogP contribution in [0.4, 0.5) is 0 Å². The van der Waals surface area contributed by atoms with Gasteiger partial charge in [0.2, 0.25) is 5.91 Å². The average molecular weight is 387 g/mol. The van der Waals surface area contributed by atoms with Gasteiger partial charge in [-0.1, -0.05) is 42.3 Å². The number of methoxy groups -OCH3 is 1. The quantitative estimate of drug-likeness (QED) is 0.775. The Labute approximate surface area is 166 Å². The van der Waals surface area contributed by atoms with Crippen molar-refractivity contribution < 1.29 is 9.53 Å². The van der Waals surface area contributed by atoms with Crippen LogP contribution in [0.15, 0.2) is 48.5 Å². The fraction of sp³-hybridized carbons (Fsp3) is 0.409. The third-order valence-corrected chi connectivity index (χ3v) is 5.87. The van der Waals surface area contributed by atoms with Crippen molar-refractivity contribution in [2.24, 2.45) is 0 Å². The molecule has 5 heteroatoms. The summed E-state index contributed by atoms with van der Waals surface area (Å²) in [5.74, 6) is 0.938. The number of likely N-dealkylation sites (N-methyl/N-ethyl adjacent to an activating group) is 1. The SMILES string of the molecule is COc1ccc(C(CNC(=O)C2(c3ccc(Cl)cc3)CCC2)N(C)C)cc1. The molecule has 4 nitrogen and oxygen atoms in total. The number of carbonyl (C=O) groups excluding carboxylic acids is 1. The second-order valence-corrected chi connectivity index (χ2v) is 7.84. The molecule has 1 aliphatic carbocycles. The number of carbonyl (C=O) groups is 1. The smallest absolute Gasteiger partial charge is 0.230 e. The van der Waals surface area contributed by atoms with Crippen molar-refractivity contribution in [2.75, 3.05) is 27.7 Å². The fourth-order valence-electron chi connectivity index (χ4n) is 3.73. The molecular weight excluding hydrogens is 360 g/mol. The lowest BCUT2D eigenvalue weighted by atomic mass is 9.64. The number of nitrogens with zero attached hydrogens (tertiary/aromatic N) is 1. The van der Waals surface area contributed by atoms with E-state index in [1.165, 1.54) is 0 Å². The van der Waals surface area contributed by atoms with E-state index >= 15 is 0 Å². The summed E-state index contributed by atoms with van der Waals surface area (Å²) in [6.07, 6.45) is 2.84. The van der Waals surface area contributed by atoms with Gasteiger partial charge in [0.25, 0.3) is 0 Å². The predicted octanol–water partition coefficient (Wildman–Crippen LogP) is 4.19. The number of benzene rings is 2. The van der Waals surface area contributed by atoms with Crippen molar-refractivity contribution in [1.82, 2.24) is 10.2 Å². The first-order valence-electron chi connectivity index (χ1n) is 9.31. The number of nitrogens with one attached hydrogen (secondary N) is 1. The normalized spacial score (nSPS) is 16.5. The second kappa shape index (κ2) is 8.32. The third-order valence-electron chi connectivity index (χ3n) is 5.62. The second-order valence-electron chi connectivity index (χ2n) is 7.41. The van der Waals surface area contributed by atoms with Gasteiger partial charge >= 0.3 is 0 Å². The van der Waals surface area contributed by atoms with Crippen molar-refractivity contribution in [2.45, 2.75) is 30.7 Å². The lowest BCUT2D eigenvalue weighted by molar-refractivity contribution is -0.130. The summed E-state index contributed by atoms with van der Waals surface area (Å²) in [5.41, 5.74) is 1.79. The topological polar surface area (TPSA) is 41.6 Å². The van der Waals surface area contributed by atoms with Crippen LogP contribution in [0.2, 0.25) is 5.02 Å². The van der Waals surface area contributed by atoms with Crippen LogP contribution < -0.4 is 10.1 Å². The molecule has 1 unspecified atom stereocenters. The molecule has 1 amide bonds. The Morgan fingerprint density at radius 1 is 1.15 bits per heavy atom. The molecule has 1 N–H and O–H groups in total. The van der Waals surface area contributed by atoms with E-state index in [2.05, 4.69) is 10.2 Å². The molecule has 0 spiro atoms. The molecule has 0 aliphatic heterocycles. The van der Waals surface area contributed by atoms with Gasteiger partial charge in [0, 0.05) is 11.6 Å². The minimum Gasteiger partial charge on any atom is -0.497 e. The van der Waals surface area contributed by atoms with Gasteiger partial charge in [0.1, 0.15) is 5.75 Å². The third kappa shape index (κ3) is 4.12. The van der Waals surface area contributed by atoms with Crippen LogP contribution in [0.1, 0.15) is 36.4 Å². The highest BCUT2D eigenvalue weighted by Crippen LogP contribution is 2.44. The van der Waals surface area contributed by atoms with Gasteiger partial charge in [-0.3, -0.25) is 4.79 Å². The van der Waals surface area contributed by atoms with E-state index in [9.17, 15) is 4.79 Å². The lowest BCUT2D eigenvalue weighted by Crippen LogP contribution is -2.50. The first kappa shape index (κ1) is 19.7. The van der Waals surface area contributed by atoms with Crippen LogP contribution in [0, 0.1) is 0 Å². The van der Waals surface area contributed by atoms with Crippen LogP contribution >= 0.6 is 11.6 Å². The van der Waals surface area contributed by atoms with E-state index in [0.29, 0.717) is 11.6 Å². The number of ether oxygens (including phenoxy) is 1. The summed E-state index contributed by atoms with van der Waals surface area (Å²) >= 11 is 6.01. The molecule has 3 rings (SSSR count). The molecule has 2 aromatic carbocycles. The Bertz CT molecular complexity index is 768. The maximum Gasteiger partial charge on any atom is 0.230 e. The molecule has 1 saturated carbocycles. The van der Waals surface area contributed by atoms with E-state index in [1.807, 2.05) is 62.6 Å². The first-order valence-corrected chi connectivity index (χ1v) is 9.69. The fourth-order valence-corrected chi connectivity index (χ4v) is 3.86. The molecule has 144 valence electrons. The zero-order valence-corrected chi connectivity index (χ0v) is 16.9. The first-order chi connectivity index (χ1) is 13.0. The minimum absolute atomic E-state index is 0.0993. The summed E-state index contributed by atoms with van der Waals surface area (Å²) in [6.45, 7) is 0.563. The Morgan fingerprint density at radius 2 is 1.78 bits per heavy atom. The summed E-state index contributed by atoms with van der Waals surface area (Å²) < 4.78 is 5.24. The van der Waals surface area contributed by atoms with E-state index in [4.69, 9.17) is 16.3 Å². The van der Waals surface area contributed by atoms with Gasteiger partial charge in [-0.15, -0.1) is 0 Å². The van der Waals surface area contributed by atoms with E-state index < -0.39 is 5.41 Å². The van der Waals surface area contributed by atoms with E-state index in [0.717, 1.165) is 36.1 Å². The van der Waals surface area contributed by atoms with Gasteiger partial charge < -0.3 is 15.0 Å². The van der Waals surface area contributed by atoms with Crippen molar-refractivity contribution in [3.8, 4) is 5.75 Å². The maximum atomic E-state index is 13.1. The lowest BCUT2D eigenvalue weighted by Gasteiger charge is -2.41. The highest BCUT2D eigenvalue weighted by Gasteiger charge is 2.45. The van der Waals surface area contributed by atoms with Crippen LogP contribution in [0.3, 0.4) is 0 Å². The summed E-state index contributed by atoms with van der Waals surface area (Å²) in [7, 11) is 5.71. The van der Waals surface area contributed by atoms with Gasteiger partial charge in [0.05, 0.1) is 18.6 Å². The standard InChI is InChI=1S/C22H27ClN2O2/c1-25(2)20(16-5-11-19(27-3)12-6-16)15-24-21(26)22(13-4-14-22)17-7-9-18(23)10-8-17/h5-12,20H,4,13-15H2,1-3H3,(H,24,26). The Hall–Kier alpha value is -2.04. The maximum absolute atomic E-state index is 13.1. The Balaban J connectivity index is 1.72. The predicted molar refractivity (Wildman–Crippen MR) is 109 cm³/mol. The summed E-state index contributed by atoms with van der Waals surface area (Å²) in [6, 6.07) is 15.8. The Morgan fingerprint density at radius 3 is 2.26 bits per heavy atom. The van der Waals surface area contributed by atoms with Crippen molar-refractivity contribution in [3.05, 3.63) is 64.7 Å². The molecule has 1 fully saturated rings. The molecule has 1 atom stereocenters. The largest absolute Gasteiger partial charge is 0.497 e. The monoisotopic (exact) mass is 386 g/mol. The highest BCUT2D eigenvalue weighted by molar-refractivity contribution is 6.30. The number of halogens is 1. The molecule has 27 heavy (non-hydrogen) atoms. The molecule has 0 bridgehead atoms. The van der Waals surface area contributed by atoms with E-state index in [1.54, 1.807) is 7.11 Å². The zero-order chi connectivity index (χ0) is 19.4. The molecule has 0 radical (unpaired) electrons. The molecule has 2 aromatic rings. The van der Waals surface area contributed by atoms with Gasteiger partial charge in [0.15, 0.2) is 0 Å². The molecule has 0 aromatic heterocycles.